The first-order valence-corrected chi connectivity index (χ1v) is 12.0. The number of carbonyl (C=O) groups excluding carboxylic acids is 1. The molecule has 1 unspecified atom stereocenters. The molecule has 3 nitrogen and oxygen atoms in total. The van der Waals surface area contributed by atoms with Gasteiger partial charge in [0, 0.05) is 27.8 Å². The van der Waals surface area contributed by atoms with Crippen molar-refractivity contribution >= 4 is 45.3 Å². The van der Waals surface area contributed by atoms with Gasteiger partial charge in [-0.05, 0) is 48.4 Å². The number of aromatic nitrogens is 1. The zero-order valence-corrected chi connectivity index (χ0v) is 19.1. The van der Waals surface area contributed by atoms with Gasteiger partial charge in [0.05, 0.1) is 16.1 Å². The Bertz CT molecular complexity index is 1110. The fourth-order valence-corrected chi connectivity index (χ4v) is 6.09. The van der Waals surface area contributed by atoms with E-state index in [4.69, 9.17) is 11.6 Å². The molecule has 0 bridgehead atoms. The third-order valence-corrected chi connectivity index (χ3v) is 7.86. The summed E-state index contributed by atoms with van der Waals surface area (Å²) in [6, 6.07) is 3.88. The minimum absolute atomic E-state index is 0.181. The molecule has 0 fully saturated rings. The molecule has 0 saturated carbocycles. The van der Waals surface area contributed by atoms with Gasteiger partial charge in [-0.25, -0.2) is 4.98 Å². The highest BCUT2D eigenvalue weighted by Crippen LogP contribution is 2.36. The number of alkyl halides is 3. The molecule has 1 aliphatic rings. The number of amides is 1. The lowest BCUT2D eigenvalue weighted by Gasteiger charge is -2.21. The SMILES string of the molecule is CCC1CCc2c(C(=O)Nc3ncc(Cc4ccc(Cl)c(C(F)(F)F)c4)s3)csc2C1. The molecule has 164 valence electrons. The van der Waals surface area contributed by atoms with Crippen LogP contribution < -0.4 is 5.32 Å². The van der Waals surface area contributed by atoms with Crippen LogP contribution >= 0.6 is 34.3 Å². The van der Waals surface area contributed by atoms with E-state index in [0.29, 0.717) is 22.2 Å². The summed E-state index contributed by atoms with van der Waals surface area (Å²) in [6.07, 6.45) is 1.56. The number of fused-ring (bicyclic) bond motifs is 1. The molecule has 31 heavy (non-hydrogen) atoms. The Hall–Kier alpha value is -1.90. The zero-order valence-electron chi connectivity index (χ0n) is 16.7. The lowest BCUT2D eigenvalue weighted by molar-refractivity contribution is -0.137. The lowest BCUT2D eigenvalue weighted by Crippen LogP contribution is -2.17. The van der Waals surface area contributed by atoms with E-state index in [1.54, 1.807) is 23.6 Å². The molecule has 2 heterocycles. The molecule has 4 rings (SSSR count). The topological polar surface area (TPSA) is 42.0 Å². The molecular formula is C22H20ClF3N2OS2. The monoisotopic (exact) mass is 484 g/mol. The first-order chi connectivity index (χ1) is 14.7. The lowest BCUT2D eigenvalue weighted by atomic mass is 9.86. The largest absolute Gasteiger partial charge is 0.417 e. The first-order valence-electron chi connectivity index (χ1n) is 9.95. The smallest absolute Gasteiger partial charge is 0.298 e. The number of hydrogen-bond donors (Lipinski definition) is 1. The molecule has 2 aromatic heterocycles. The summed E-state index contributed by atoms with van der Waals surface area (Å²) in [7, 11) is 0. The maximum atomic E-state index is 13.1. The molecule has 9 heteroatoms. The second-order valence-electron chi connectivity index (χ2n) is 7.64. The van der Waals surface area contributed by atoms with Crippen LogP contribution in [-0.2, 0) is 25.4 Å². The summed E-state index contributed by atoms with van der Waals surface area (Å²) in [6.45, 7) is 2.20. The second-order valence-corrected chi connectivity index (χ2v) is 10.1. The van der Waals surface area contributed by atoms with Crippen LogP contribution in [0.5, 0.6) is 0 Å². The third kappa shape index (κ3) is 4.96. The Morgan fingerprint density at radius 1 is 1.35 bits per heavy atom. The van der Waals surface area contributed by atoms with Crippen molar-refractivity contribution in [2.24, 2.45) is 5.92 Å². The molecule has 0 aliphatic heterocycles. The van der Waals surface area contributed by atoms with Crippen LogP contribution in [0.2, 0.25) is 5.02 Å². The van der Waals surface area contributed by atoms with Crippen molar-refractivity contribution in [3.63, 3.8) is 0 Å². The normalized spacial score (nSPS) is 16.2. The van der Waals surface area contributed by atoms with E-state index in [9.17, 15) is 18.0 Å². The van der Waals surface area contributed by atoms with Gasteiger partial charge in [0.15, 0.2) is 5.13 Å². The van der Waals surface area contributed by atoms with Gasteiger partial charge in [0.1, 0.15) is 0 Å². The van der Waals surface area contributed by atoms with Gasteiger partial charge < -0.3 is 0 Å². The van der Waals surface area contributed by atoms with Crippen molar-refractivity contribution in [1.82, 2.24) is 4.98 Å². The summed E-state index contributed by atoms with van der Waals surface area (Å²) in [5, 5.41) is 4.88. The molecule has 0 radical (unpaired) electrons. The summed E-state index contributed by atoms with van der Waals surface area (Å²) in [4.78, 5) is 19.1. The Kier molecular flexibility index (Phi) is 6.42. The van der Waals surface area contributed by atoms with Crippen molar-refractivity contribution in [3.05, 3.63) is 66.8 Å². The molecule has 1 aliphatic carbocycles. The number of thiophene rings is 1. The van der Waals surface area contributed by atoms with E-state index < -0.39 is 11.7 Å². The fourth-order valence-electron chi connectivity index (χ4n) is 3.83. The average Bonchev–Trinajstić information content (AvgIpc) is 3.34. The minimum Gasteiger partial charge on any atom is -0.298 e. The Morgan fingerprint density at radius 2 is 2.16 bits per heavy atom. The Balaban J connectivity index is 1.45. The highest BCUT2D eigenvalue weighted by Gasteiger charge is 2.33. The van der Waals surface area contributed by atoms with Gasteiger partial charge in [-0.15, -0.1) is 22.7 Å². The summed E-state index contributed by atoms with van der Waals surface area (Å²) < 4.78 is 39.2. The Labute approximate surface area is 191 Å². The van der Waals surface area contributed by atoms with E-state index >= 15 is 0 Å². The number of rotatable bonds is 5. The van der Waals surface area contributed by atoms with Crippen molar-refractivity contribution in [2.75, 3.05) is 5.32 Å². The van der Waals surface area contributed by atoms with Gasteiger partial charge in [-0.2, -0.15) is 13.2 Å². The van der Waals surface area contributed by atoms with E-state index in [0.717, 1.165) is 42.2 Å². The molecule has 3 aromatic rings. The highest BCUT2D eigenvalue weighted by molar-refractivity contribution is 7.15. The Morgan fingerprint density at radius 3 is 2.90 bits per heavy atom. The zero-order chi connectivity index (χ0) is 22.2. The van der Waals surface area contributed by atoms with Crippen LogP contribution in [0, 0.1) is 5.92 Å². The summed E-state index contributed by atoms with van der Waals surface area (Å²) >= 11 is 8.58. The van der Waals surface area contributed by atoms with Crippen LogP contribution in [0.1, 0.15) is 56.6 Å². The predicted octanol–water partition coefficient (Wildman–Crippen LogP) is 7.23. The molecule has 1 atom stereocenters. The van der Waals surface area contributed by atoms with E-state index in [1.807, 2.05) is 5.38 Å². The highest BCUT2D eigenvalue weighted by atomic mass is 35.5. The van der Waals surface area contributed by atoms with Crippen molar-refractivity contribution in [3.8, 4) is 0 Å². The van der Waals surface area contributed by atoms with Gasteiger partial charge in [-0.3, -0.25) is 10.1 Å². The molecular weight excluding hydrogens is 465 g/mol. The van der Waals surface area contributed by atoms with Crippen molar-refractivity contribution in [1.29, 1.82) is 0 Å². The molecule has 0 spiro atoms. The van der Waals surface area contributed by atoms with Crippen molar-refractivity contribution in [2.45, 2.75) is 45.2 Å². The fraction of sp³-hybridized carbons (Fsp3) is 0.364. The molecule has 1 N–H and O–H groups in total. The summed E-state index contributed by atoms with van der Waals surface area (Å²) in [5.74, 6) is 0.508. The summed E-state index contributed by atoms with van der Waals surface area (Å²) in [5.41, 5.74) is 1.48. The van der Waals surface area contributed by atoms with Crippen LogP contribution in [-0.4, -0.2) is 10.9 Å². The number of nitrogens with one attached hydrogen (secondary N) is 1. The van der Waals surface area contributed by atoms with Crippen LogP contribution in [0.15, 0.2) is 29.8 Å². The van der Waals surface area contributed by atoms with Crippen LogP contribution in [0.25, 0.3) is 0 Å². The second kappa shape index (κ2) is 8.92. The number of halogens is 4. The standard InChI is InChI=1S/C22H20ClF3N2OS2/c1-2-12-3-5-15-16(11-30-19(15)9-12)20(29)28-21-27-10-14(31-21)7-13-4-6-18(23)17(8-13)22(24,25)26/h4,6,8,10-12H,2-3,5,7,9H2,1H3,(H,27,28,29). The van der Waals surface area contributed by atoms with Gasteiger partial charge in [0.25, 0.3) is 5.91 Å². The number of carbonyl (C=O) groups is 1. The maximum absolute atomic E-state index is 13.1. The predicted molar refractivity (Wildman–Crippen MR) is 119 cm³/mol. The maximum Gasteiger partial charge on any atom is 0.417 e. The van der Waals surface area contributed by atoms with Gasteiger partial charge >= 0.3 is 6.18 Å². The molecule has 1 amide bonds. The minimum atomic E-state index is -4.50. The van der Waals surface area contributed by atoms with Gasteiger partial charge in [-0.1, -0.05) is 31.0 Å². The number of anilines is 1. The van der Waals surface area contributed by atoms with E-state index in [-0.39, 0.29) is 17.4 Å². The van der Waals surface area contributed by atoms with Crippen LogP contribution in [0.4, 0.5) is 18.3 Å². The number of thiazole rings is 1. The van der Waals surface area contributed by atoms with Crippen molar-refractivity contribution < 1.29 is 18.0 Å². The number of nitrogens with zero attached hydrogens (tertiary/aromatic N) is 1. The number of hydrogen-bond acceptors (Lipinski definition) is 4. The first kappa shape index (κ1) is 22.3. The average molecular weight is 485 g/mol. The quantitative estimate of drug-likeness (QED) is 0.415. The van der Waals surface area contributed by atoms with E-state index in [1.165, 1.54) is 22.3 Å². The third-order valence-electron chi connectivity index (χ3n) is 5.57. The van der Waals surface area contributed by atoms with Gasteiger partial charge in [0.2, 0.25) is 0 Å². The molecule has 1 aromatic carbocycles. The van der Waals surface area contributed by atoms with Crippen LogP contribution in [0.3, 0.4) is 0 Å². The number of benzene rings is 1. The molecule has 0 saturated heterocycles. The van der Waals surface area contributed by atoms with E-state index in [2.05, 4.69) is 17.2 Å².